The van der Waals surface area contributed by atoms with Gasteiger partial charge < -0.3 is 4.42 Å². The summed E-state index contributed by atoms with van der Waals surface area (Å²) in [5, 5.41) is 3.52. The monoisotopic (exact) mass is 435 g/mol. The molecule has 0 radical (unpaired) electrons. The predicted octanol–water partition coefficient (Wildman–Crippen LogP) is 7.60. The topological polar surface area (TPSA) is 51.8 Å². The van der Waals surface area contributed by atoms with Gasteiger partial charge in [0.15, 0.2) is 0 Å². The standard InChI is InChI=1S/C29H29N3O/c1-18(2)12-22-14-20-10-11-25(32-28(20)33-22)27-16-26(30-17-31-27)21-13-19-8-6-7-9-23(19)24(15-21)29(3,4)5/h6-11,13-18H,12H2,1-5H3. The van der Waals surface area contributed by atoms with E-state index < -0.39 is 0 Å². The summed E-state index contributed by atoms with van der Waals surface area (Å²) in [6, 6.07) is 21.2. The first-order valence-electron chi connectivity index (χ1n) is 11.5. The minimum Gasteiger partial charge on any atom is -0.443 e. The highest BCUT2D eigenvalue weighted by Gasteiger charge is 2.19. The minimum atomic E-state index is 0.0189. The summed E-state index contributed by atoms with van der Waals surface area (Å²) in [4.78, 5) is 13.9. The third-order valence-electron chi connectivity index (χ3n) is 5.94. The highest BCUT2D eigenvalue weighted by molar-refractivity contribution is 5.91. The summed E-state index contributed by atoms with van der Waals surface area (Å²) < 4.78 is 6.00. The minimum absolute atomic E-state index is 0.0189. The summed E-state index contributed by atoms with van der Waals surface area (Å²) in [7, 11) is 0. The molecule has 5 rings (SSSR count). The number of hydrogen-bond acceptors (Lipinski definition) is 4. The predicted molar refractivity (Wildman–Crippen MR) is 135 cm³/mol. The molecule has 166 valence electrons. The van der Waals surface area contributed by atoms with Crippen LogP contribution in [0.1, 0.15) is 45.9 Å². The number of fused-ring (bicyclic) bond motifs is 2. The van der Waals surface area contributed by atoms with Crippen molar-refractivity contribution in [1.82, 2.24) is 15.0 Å². The fraction of sp³-hybridized carbons (Fsp3) is 0.276. The molecule has 5 aromatic rings. The lowest BCUT2D eigenvalue weighted by atomic mass is 9.82. The van der Waals surface area contributed by atoms with Gasteiger partial charge in [0.25, 0.3) is 0 Å². The van der Waals surface area contributed by atoms with Gasteiger partial charge in [-0.3, -0.25) is 0 Å². The van der Waals surface area contributed by atoms with Gasteiger partial charge in [0, 0.05) is 17.4 Å². The lowest BCUT2D eigenvalue weighted by molar-refractivity contribution is 0.494. The summed E-state index contributed by atoms with van der Waals surface area (Å²) >= 11 is 0. The van der Waals surface area contributed by atoms with Gasteiger partial charge >= 0.3 is 0 Å². The van der Waals surface area contributed by atoms with Gasteiger partial charge in [0.1, 0.15) is 12.1 Å². The van der Waals surface area contributed by atoms with Crippen molar-refractivity contribution in [3.05, 3.63) is 78.3 Å². The number of nitrogens with zero attached hydrogens (tertiary/aromatic N) is 3. The smallest absolute Gasteiger partial charge is 0.226 e. The zero-order valence-electron chi connectivity index (χ0n) is 19.9. The molecule has 33 heavy (non-hydrogen) atoms. The summed E-state index contributed by atoms with van der Waals surface area (Å²) in [5.74, 6) is 1.51. The molecule has 4 heteroatoms. The van der Waals surface area contributed by atoms with Gasteiger partial charge in [-0.05, 0) is 64.1 Å². The van der Waals surface area contributed by atoms with E-state index in [1.54, 1.807) is 6.33 Å². The second-order valence-electron chi connectivity index (χ2n) is 10.2. The van der Waals surface area contributed by atoms with Crippen molar-refractivity contribution in [1.29, 1.82) is 0 Å². The van der Waals surface area contributed by atoms with E-state index in [1.165, 1.54) is 16.3 Å². The normalized spacial score (nSPS) is 12.2. The van der Waals surface area contributed by atoms with Crippen LogP contribution in [-0.2, 0) is 11.8 Å². The van der Waals surface area contributed by atoms with Crippen molar-refractivity contribution in [2.45, 2.75) is 46.5 Å². The van der Waals surface area contributed by atoms with Crippen LogP contribution in [0.2, 0.25) is 0 Å². The van der Waals surface area contributed by atoms with E-state index >= 15 is 0 Å². The van der Waals surface area contributed by atoms with Crippen LogP contribution < -0.4 is 0 Å². The molecular formula is C29H29N3O. The quantitative estimate of drug-likeness (QED) is 0.292. The molecule has 0 amide bonds. The van der Waals surface area contributed by atoms with Crippen LogP contribution in [0.15, 0.2) is 71.4 Å². The Labute approximate surface area is 194 Å². The Morgan fingerprint density at radius 3 is 2.39 bits per heavy atom. The van der Waals surface area contributed by atoms with Crippen molar-refractivity contribution in [3.8, 4) is 22.6 Å². The molecule has 2 aromatic carbocycles. The van der Waals surface area contributed by atoms with Crippen LogP contribution >= 0.6 is 0 Å². The maximum absolute atomic E-state index is 6.00. The van der Waals surface area contributed by atoms with E-state index in [1.807, 2.05) is 12.1 Å². The highest BCUT2D eigenvalue weighted by Crippen LogP contribution is 2.35. The van der Waals surface area contributed by atoms with E-state index in [0.29, 0.717) is 11.6 Å². The van der Waals surface area contributed by atoms with E-state index in [0.717, 1.165) is 40.2 Å². The Kier molecular flexibility index (Phi) is 5.24. The first-order valence-corrected chi connectivity index (χ1v) is 11.5. The molecule has 0 unspecified atom stereocenters. The van der Waals surface area contributed by atoms with Crippen LogP contribution in [0.4, 0.5) is 0 Å². The maximum Gasteiger partial charge on any atom is 0.226 e. The third kappa shape index (κ3) is 4.25. The van der Waals surface area contributed by atoms with Crippen molar-refractivity contribution in [2.75, 3.05) is 0 Å². The van der Waals surface area contributed by atoms with Crippen LogP contribution in [0, 0.1) is 5.92 Å². The molecule has 3 aromatic heterocycles. The Balaban J connectivity index is 1.58. The zero-order chi connectivity index (χ0) is 23.2. The van der Waals surface area contributed by atoms with E-state index in [9.17, 15) is 0 Å². The van der Waals surface area contributed by atoms with Crippen molar-refractivity contribution in [3.63, 3.8) is 0 Å². The Morgan fingerprint density at radius 1 is 0.818 bits per heavy atom. The average Bonchev–Trinajstić information content (AvgIpc) is 3.18. The van der Waals surface area contributed by atoms with Gasteiger partial charge in [-0.2, -0.15) is 0 Å². The summed E-state index contributed by atoms with van der Waals surface area (Å²) in [6.45, 7) is 11.1. The molecule has 0 N–H and O–H groups in total. The summed E-state index contributed by atoms with van der Waals surface area (Å²) in [6.07, 6.45) is 2.52. The van der Waals surface area contributed by atoms with E-state index in [2.05, 4.69) is 93.1 Å². The first kappa shape index (κ1) is 21.3. The zero-order valence-corrected chi connectivity index (χ0v) is 19.9. The van der Waals surface area contributed by atoms with E-state index in [-0.39, 0.29) is 5.41 Å². The fourth-order valence-corrected chi connectivity index (χ4v) is 4.35. The van der Waals surface area contributed by atoms with Gasteiger partial charge in [-0.15, -0.1) is 0 Å². The van der Waals surface area contributed by atoms with Crippen LogP contribution in [0.25, 0.3) is 44.5 Å². The average molecular weight is 436 g/mol. The first-order chi connectivity index (χ1) is 15.8. The lowest BCUT2D eigenvalue weighted by Gasteiger charge is -2.22. The Bertz CT molecular complexity index is 1460. The van der Waals surface area contributed by atoms with Crippen LogP contribution in [0.3, 0.4) is 0 Å². The molecule has 3 heterocycles. The van der Waals surface area contributed by atoms with Crippen molar-refractivity contribution < 1.29 is 4.42 Å². The van der Waals surface area contributed by atoms with Crippen molar-refractivity contribution >= 4 is 21.9 Å². The Morgan fingerprint density at radius 2 is 1.61 bits per heavy atom. The van der Waals surface area contributed by atoms with Crippen LogP contribution in [0.5, 0.6) is 0 Å². The number of benzene rings is 2. The molecule has 0 bridgehead atoms. The largest absolute Gasteiger partial charge is 0.443 e. The maximum atomic E-state index is 6.00. The second kappa shape index (κ2) is 8.11. The van der Waals surface area contributed by atoms with Gasteiger partial charge in [-0.25, -0.2) is 15.0 Å². The lowest BCUT2D eigenvalue weighted by Crippen LogP contribution is -2.12. The van der Waals surface area contributed by atoms with Gasteiger partial charge in [0.05, 0.1) is 17.1 Å². The second-order valence-corrected chi connectivity index (χ2v) is 10.2. The van der Waals surface area contributed by atoms with E-state index in [4.69, 9.17) is 9.40 Å². The molecule has 0 fully saturated rings. The molecule has 0 aliphatic carbocycles. The number of hydrogen-bond donors (Lipinski definition) is 0. The molecule has 0 atom stereocenters. The van der Waals surface area contributed by atoms with Gasteiger partial charge in [0.2, 0.25) is 5.71 Å². The third-order valence-corrected chi connectivity index (χ3v) is 5.94. The van der Waals surface area contributed by atoms with Crippen LogP contribution in [-0.4, -0.2) is 15.0 Å². The number of furan rings is 1. The fourth-order valence-electron chi connectivity index (χ4n) is 4.35. The highest BCUT2D eigenvalue weighted by atomic mass is 16.3. The number of pyridine rings is 1. The molecule has 0 saturated carbocycles. The molecular weight excluding hydrogens is 406 g/mol. The number of aromatic nitrogens is 3. The Hall–Kier alpha value is -3.53. The molecule has 0 saturated heterocycles. The molecule has 0 spiro atoms. The summed E-state index contributed by atoms with van der Waals surface area (Å²) in [5.41, 5.74) is 5.53. The van der Waals surface area contributed by atoms with Gasteiger partial charge in [-0.1, -0.05) is 58.9 Å². The molecule has 0 aliphatic rings. The number of rotatable bonds is 4. The molecule has 4 nitrogen and oxygen atoms in total. The SMILES string of the molecule is CC(C)Cc1cc2ccc(-c3cc(-c4cc(C(C)(C)C)c5ccccc5c4)ncn3)nc2o1. The van der Waals surface area contributed by atoms with Crippen molar-refractivity contribution in [2.24, 2.45) is 5.92 Å². The molecule has 0 aliphatic heterocycles.